The van der Waals surface area contributed by atoms with E-state index in [1.165, 1.54) is 12.8 Å². The highest BCUT2D eigenvalue weighted by atomic mass is 16.5. The smallest absolute Gasteiger partial charge is 0.122 e. The highest BCUT2D eigenvalue weighted by Crippen LogP contribution is 2.32. The molecule has 3 heteroatoms. The first kappa shape index (κ1) is 12.9. The number of hydrogen-bond donors (Lipinski definition) is 0. The molecule has 0 N–H and O–H groups in total. The van der Waals surface area contributed by atoms with Crippen molar-refractivity contribution < 1.29 is 4.74 Å². The molecule has 1 aliphatic rings. The Morgan fingerprint density at radius 3 is 2.61 bits per heavy atom. The average Bonchev–Trinajstić information content (AvgIpc) is 3.11. The molecule has 98 valence electrons. The van der Waals surface area contributed by atoms with Crippen molar-refractivity contribution in [1.29, 1.82) is 0 Å². The van der Waals surface area contributed by atoms with Crippen LogP contribution < -0.4 is 4.74 Å². The fourth-order valence-electron chi connectivity index (χ4n) is 1.74. The number of aryl methyl sites for hydroxylation is 2. The average molecular weight is 246 g/mol. The van der Waals surface area contributed by atoms with Crippen LogP contribution in [0.15, 0.2) is 17.1 Å². The molecular formula is C15H22N2O. The van der Waals surface area contributed by atoms with Crippen LogP contribution >= 0.6 is 0 Å². The van der Waals surface area contributed by atoms with E-state index >= 15 is 0 Å². The third-order valence-corrected chi connectivity index (χ3v) is 3.09. The van der Waals surface area contributed by atoms with Gasteiger partial charge in [0.1, 0.15) is 5.75 Å². The van der Waals surface area contributed by atoms with Crippen LogP contribution in [0.25, 0.3) is 0 Å². The summed E-state index contributed by atoms with van der Waals surface area (Å²) in [7, 11) is 3.94. The second-order valence-corrected chi connectivity index (χ2v) is 5.37. The molecule has 0 spiro atoms. The van der Waals surface area contributed by atoms with Crippen LogP contribution in [0.5, 0.6) is 5.75 Å². The van der Waals surface area contributed by atoms with Gasteiger partial charge < -0.3 is 9.64 Å². The van der Waals surface area contributed by atoms with Gasteiger partial charge in [0.05, 0.1) is 18.6 Å². The highest BCUT2D eigenvalue weighted by molar-refractivity contribution is 5.64. The SMILES string of the molecule is Cc1cc(OCC2CC2)c(C)cc1/N=C/N(C)C. The van der Waals surface area contributed by atoms with Gasteiger partial charge in [0.25, 0.3) is 0 Å². The minimum atomic E-state index is 0.788. The first-order chi connectivity index (χ1) is 8.56. The Morgan fingerprint density at radius 2 is 2.00 bits per heavy atom. The summed E-state index contributed by atoms with van der Waals surface area (Å²) in [4.78, 5) is 6.40. The second-order valence-electron chi connectivity index (χ2n) is 5.37. The van der Waals surface area contributed by atoms with Gasteiger partial charge >= 0.3 is 0 Å². The van der Waals surface area contributed by atoms with E-state index in [2.05, 4.69) is 31.0 Å². The van der Waals surface area contributed by atoms with Crippen molar-refractivity contribution in [1.82, 2.24) is 4.90 Å². The Bertz CT molecular complexity index is 448. The Morgan fingerprint density at radius 1 is 1.28 bits per heavy atom. The molecule has 1 aliphatic carbocycles. The predicted molar refractivity (Wildman–Crippen MR) is 76.0 cm³/mol. The molecule has 0 amide bonds. The fraction of sp³-hybridized carbons (Fsp3) is 0.533. The summed E-state index contributed by atoms with van der Waals surface area (Å²) < 4.78 is 5.86. The molecule has 1 aromatic carbocycles. The van der Waals surface area contributed by atoms with Gasteiger partial charge in [-0.2, -0.15) is 0 Å². The zero-order chi connectivity index (χ0) is 13.1. The number of aliphatic imine (C=N–C) groups is 1. The lowest BCUT2D eigenvalue weighted by atomic mass is 10.1. The van der Waals surface area contributed by atoms with Gasteiger partial charge in [-0.3, -0.25) is 0 Å². The lowest BCUT2D eigenvalue weighted by Gasteiger charge is -2.11. The molecular weight excluding hydrogens is 224 g/mol. The zero-order valence-electron chi connectivity index (χ0n) is 11.7. The Hall–Kier alpha value is -1.51. The van der Waals surface area contributed by atoms with Crippen molar-refractivity contribution >= 4 is 12.0 Å². The van der Waals surface area contributed by atoms with Gasteiger partial charge in [0.2, 0.25) is 0 Å². The standard InChI is InChI=1S/C15H22N2O/c1-11-8-15(18-9-13-5-6-13)12(2)7-14(11)16-10-17(3)4/h7-8,10,13H,5-6,9H2,1-4H3/b16-10+. The molecule has 0 atom stereocenters. The Balaban J connectivity index is 2.11. The van der Waals surface area contributed by atoms with Crippen molar-refractivity contribution in [3.63, 3.8) is 0 Å². The van der Waals surface area contributed by atoms with Gasteiger partial charge in [-0.25, -0.2) is 4.99 Å². The van der Waals surface area contributed by atoms with Crippen LogP contribution in [0, 0.1) is 19.8 Å². The summed E-state index contributed by atoms with van der Waals surface area (Å²) in [5, 5.41) is 0. The number of hydrogen-bond acceptors (Lipinski definition) is 2. The third-order valence-electron chi connectivity index (χ3n) is 3.09. The molecule has 3 nitrogen and oxygen atoms in total. The highest BCUT2D eigenvalue weighted by Gasteiger charge is 2.22. The predicted octanol–water partition coefficient (Wildman–Crippen LogP) is 3.31. The molecule has 1 saturated carbocycles. The molecule has 0 unspecified atom stereocenters. The second kappa shape index (κ2) is 5.42. The maximum atomic E-state index is 5.86. The summed E-state index contributed by atoms with van der Waals surface area (Å²) in [5.74, 6) is 1.79. The van der Waals surface area contributed by atoms with Gasteiger partial charge in [-0.15, -0.1) is 0 Å². The molecule has 0 radical (unpaired) electrons. The number of nitrogens with zero attached hydrogens (tertiary/aromatic N) is 2. The van der Waals surface area contributed by atoms with Crippen molar-refractivity contribution in [3.8, 4) is 5.75 Å². The minimum absolute atomic E-state index is 0.788. The summed E-state index contributed by atoms with van der Waals surface area (Å²) in [6, 6.07) is 4.19. The number of benzene rings is 1. The maximum Gasteiger partial charge on any atom is 0.122 e. The van der Waals surface area contributed by atoms with Gasteiger partial charge in [0.15, 0.2) is 0 Å². The van der Waals surface area contributed by atoms with Crippen LogP contribution in [-0.4, -0.2) is 31.9 Å². The van der Waals surface area contributed by atoms with Crippen LogP contribution in [-0.2, 0) is 0 Å². The summed E-state index contributed by atoms with van der Waals surface area (Å²) >= 11 is 0. The fourth-order valence-corrected chi connectivity index (χ4v) is 1.74. The van der Waals surface area contributed by atoms with Crippen molar-refractivity contribution in [2.45, 2.75) is 26.7 Å². The summed E-state index contributed by atoms with van der Waals surface area (Å²) in [6.45, 7) is 5.02. The Labute approximate surface area is 109 Å². The first-order valence-electron chi connectivity index (χ1n) is 6.51. The topological polar surface area (TPSA) is 24.8 Å². The first-order valence-corrected chi connectivity index (χ1v) is 6.51. The normalized spacial score (nSPS) is 15.1. The minimum Gasteiger partial charge on any atom is -0.493 e. The third kappa shape index (κ3) is 3.49. The van der Waals surface area contributed by atoms with E-state index in [4.69, 9.17) is 4.74 Å². The molecule has 0 aromatic heterocycles. The molecule has 1 aromatic rings. The molecule has 18 heavy (non-hydrogen) atoms. The van der Waals surface area contributed by atoms with E-state index in [9.17, 15) is 0 Å². The summed E-state index contributed by atoms with van der Waals surface area (Å²) in [6.07, 6.45) is 4.47. The quantitative estimate of drug-likeness (QED) is 0.588. The van der Waals surface area contributed by atoms with Crippen LogP contribution in [0.1, 0.15) is 24.0 Å². The zero-order valence-corrected chi connectivity index (χ0v) is 11.7. The van der Waals surface area contributed by atoms with Crippen LogP contribution in [0.4, 0.5) is 5.69 Å². The molecule has 0 aliphatic heterocycles. The summed E-state index contributed by atoms with van der Waals surface area (Å²) in [5.41, 5.74) is 3.33. The molecule has 0 heterocycles. The van der Waals surface area contributed by atoms with E-state index in [0.717, 1.165) is 35.1 Å². The Kier molecular flexibility index (Phi) is 3.90. The van der Waals surface area contributed by atoms with Crippen molar-refractivity contribution in [2.75, 3.05) is 20.7 Å². The largest absolute Gasteiger partial charge is 0.493 e. The van der Waals surface area contributed by atoms with E-state index < -0.39 is 0 Å². The monoisotopic (exact) mass is 246 g/mol. The van der Waals surface area contributed by atoms with E-state index in [1.807, 2.05) is 25.3 Å². The lowest BCUT2D eigenvalue weighted by molar-refractivity contribution is 0.297. The van der Waals surface area contributed by atoms with Gasteiger partial charge in [0, 0.05) is 14.1 Å². The van der Waals surface area contributed by atoms with Crippen molar-refractivity contribution in [3.05, 3.63) is 23.3 Å². The van der Waals surface area contributed by atoms with E-state index in [1.54, 1.807) is 0 Å². The molecule has 1 fully saturated rings. The van der Waals surface area contributed by atoms with Crippen molar-refractivity contribution in [2.24, 2.45) is 10.9 Å². The molecule has 2 rings (SSSR count). The van der Waals surface area contributed by atoms with Gasteiger partial charge in [-0.1, -0.05) is 0 Å². The van der Waals surface area contributed by atoms with Gasteiger partial charge in [-0.05, 0) is 55.9 Å². The van der Waals surface area contributed by atoms with E-state index in [-0.39, 0.29) is 0 Å². The molecule has 0 saturated heterocycles. The maximum absolute atomic E-state index is 5.86. The van der Waals surface area contributed by atoms with Crippen LogP contribution in [0.3, 0.4) is 0 Å². The van der Waals surface area contributed by atoms with Crippen LogP contribution in [0.2, 0.25) is 0 Å². The number of rotatable bonds is 5. The number of ether oxygens (including phenoxy) is 1. The van der Waals surface area contributed by atoms with E-state index in [0.29, 0.717) is 0 Å². The lowest BCUT2D eigenvalue weighted by Crippen LogP contribution is -2.07. The molecule has 0 bridgehead atoms.